The predicted octanol–water partition coefficient (Wildman–Crippen LogP) is 6.58. The summed E-state index contributed by atoms with van der Waals surface area (Å²) in [5.74, 6) is 4.94. The summed E-state index contributed by atoms with van der Waals surface area (Å²) in [6.45, 7) is 12.3. The van der Waals surface area contributed by atoms with E-state index in [1.807, 2.05) is 0 Å². The maximum Gasteiger partial charge on any atom is 0.0728 e. The summed E-state index contributed by atoms with van der Waals surface area (Å²) in [5.41, 5.74) is -0.0719. The first-order chi connectivity index (χ1) is 13.6. The molecule has 0 aromatic carbocycles. The van der Waals surface area contributed by atoms with E-state index in [2.05, 4.69) is 34.6 Å². The van der Waals surface area contributed by atoms with E-state index in [1.165, 1.54) is 51.4 Å². The molecule has 0 saturated heterocycles. The molecule has 0 radical (unpaired) electrons. The summed E-state index contributed by atoms with van der Waals surface area (Å²) in [6.07, 6.45) is 14.1. The summed E-state index contributed by atoms with van der Waals surface area (Å²) in [5, 5.41) is 21.8. The Labute approximate surface area is 180 Å². The second kappa shape index (κ2) is 7.80. The molecule has 0 bridgehead atoms. The fourth-order valence-electron chi connectivity index (χ4n) is 9.25. The molecule has 0 unspecified atom stereocenters. The molecule has 0 heterocycles. The van der Waals surface area contributed by atoms with E-state index >= 15 is 0 Å². The molecule has 168 valence electrons. The van der Waals surface area contributed by atoms with E-state index in [9.17, 15) is 10.2 Å². The van der Waals surface area contributed by atoms with E-state index in [-0.39, 0.29) is 11.5 Å². The zero-order chi connectivity index (χ0) is 21.0. The monoisotopic (exact) mass is 404 g/mol. The lowest BCUT2D eigenvalue weighted by molar-refractivity contribution is -0.220. The highest BCUT2D eigenvalue weighted by Gasteiger charge is 2.64. The lowest BCUT2D eigenvalue weighted by Crippen LogP contribution is -2.62. The highest BCUT2D eigenvalue weighted by molar-refractivity contribution is 5.14. The van der Waals surface area contributed by atoms with Crippen LogP contribution in [-0.4, -0.2) is 21.9 Å². The van der Waals surface area contributed by atoms with Crippen molar-refractivity contribution in [3.8, 4) is 0 Å². The fraction of sp³-hybridized carbons (Fsp3) is 1.00. The van der Waals surface area contributed by atoms with Crippen LogP contribution in [0.15, 0.2) is 0 Å². The van der Waals surface area contributed by atoms with Crippen LogP contribution in [0.5, 0.6) is 0 Å². The fourth-order valence-corrected chi connectivity index (χ4v) is 9.25. The van der Waals surface area contributed by atoms with Crippen LogP contribution in [0.1, 0.15) is 112 Å². The molecule has 0 spiro atoms. The van der Waals surface area contributed by atoms with Crippen molar-refractivity contribution in [1.29, 1.82) is 0 Å². The van der Waals surface area contributed by atoms with Crippen molar-refractivity contribution >= 4 is 0 Å². The van der Waals surface area contributed by atoms with Gasteiger partial charge in [-0.15, -0.1) is 0 Å². The highest BCUT2D eigenvalue weighted by atomic mass is 16.3. The Morgan fingerprint density at radius 3 is 2.34 bits per heavy atom. The third kappa shape index (κ3) is 3.53. The molecule has 4 rings (SSSR count). The highest BCUT2D eigenvalue weighted by Crippen LogP contribution is 2.69. The summed E-state index contributed by atoms with van der Waals surface area (Å²) < 4.78 is 0. The second-order valence-corrected chi connectivity index (χ2v) is 12.8. The Morgan fingerprint density at radius 2 is 1.62 bits per heavy atom. The molecule has 2 heteroatoms. The van der Waals surface area contributed by atoms with Crippen LogP contribution in [0.3, 0.4) is 0 Å². The van der Waals surface area contributed by atoms with Gasteiger partial charge >= 0.3 is 0 Å². The van der Waals surface area contributed by atoms with Crippen molar-refractivity contribution in [2.45, 2.75) is 123 Å². The average Bonchev–Trinajstić information content (AvgIpc) is 2.99. The van der Waals surface area contributed by atoms with E-state index in [0.29, 0.717) is 17.8 Å². The van der Waals surface area contributed by atoms with Gasteiger partial charge in [-0.2, -0.15) is 0 Å². The molecule has 29 heavy (non-hydrogen) atoms. The van der Waals surface area contributed by atoms with Gasteiger partial charge in [-0.1, -0.05) is 53.9 Å². The summed E-state index contributed by atoms with van der Waals surface area (Å²) in [7, 11) is 0. The van der Waals surface area contributed by atoms with Crippen LogP contribution >= 0.6 is 0 Å². The van der Waals surface area contributed by atoms with E-state index in [1.54, 1.807) is 0 Å². The number of fused-ring (bicyclic) bond motifs is 5. The third-order valence-corrected chi connectivity index (χ3v) is 11.0. The van der Waals surface area contributed by atoms with E-state index in [4.69, 9.17) is 0 Å². The topological polar surface area (TPSA) is 40.5 Å². The van der Waals surface area contributed by atoms with Gasteiger partial charge in [0.15, 0.2) is 0 Å². The number of hydrogen-bond donors (Lipinski definition) is 2. The molecular formula is C27H48O2. The minimum Gasteiger partial charge on any atom is -0.393 e. The number of aliphatic hydroxyl groups is 2. The van der Waals surface area contributed by atoms with Crippen molar-refractivity contribution < 1.29 is 10.2 Å². The minimum absolute atomic E-state index is 0.0252. The zero-order valence-electron chi connectivity index (χ0n) is 19.9. The Hall–Kier alpha value is -0.0800. The first-order valence-electron chi connectivity index (χ1n) is 13.0. The van der Waals surface area contributed by atoms with Gasteiger partial charge in [0, 0.05) is 6.42 Å². The number of aliphatic hydroxyl groups excluding tert-OH is 1. The van der Waals surface area contributed by atoms with Gasteiger partial charge in [-0.25, -0.2) is 0 Å². The van der Waals surface area contributed by atoms with Crippen molar-refractivity contribution in [3.63, 3.8) is 0 Å². The maximum atomic E-state index is 11.6. The Morgan fingerprint density at radius 1 is 0.862 bits per heavy atom. The maximum absolute atomic E-state index is 11.6. The van der Waals surface area contributed by atoms with Crippen molar-refractivity contribution in [3.05, 3.63) is 0 Å². The van der Waals surface area contributed by atoms with Gasteiger partial charge in [0.25, 0.3) is 0 Å². The van der Waals surface area contributed by atoms with Gasteiger partial charge in [0.2, 0.25) is 0 Å². The van der Waals surface area contributed by atoms with Crippen LogP contribution in [0.25, 0.3) is 0 Å². The van der Waals surface area contributed by atoms with E-state index in [0.717, 1.165) is 48.9 Å². The van der Waals surface area contributed by atoms with Gasteiger partial charge in [0.1, 0.15) is 0 Å². The second-order valence-electron chi connectivity index (χ2n) is 12.8. The van der Waals surface area contributed by atoms with Crippen LogP contribution in [0.2, 0.25) is 0 Å². The molecule has 0 amide bonds. The van der Waals surface area contributed by atoms with Crippen molar-refractivity contribution in [2.75, 3.05) is 0 Å². The summed E-state index contributed by atoms with van der Waals surface area (Å²) in [6, 6.07) is 0. The van der Waals surface area contributed by atoms with Crippen LogP contribution in [0.4, 0.5) is 0 Å². The summed E-state index contributed by atoms with van der Waals surface area (Å²) >= 11 is 0. The molecule has 0 aromatic heterocycles. The van der Waals surface area contributed by atoms with Gasteiger partial charge in [-0.05, 0) is 97.7 Å². The Bertz CT molecular complexity index is 587. The van der Waals surface area contributed by atoms with Crippen LogP contribution in [-0.2, 0) is 0 Å². The zero-order valence-corrected chi connectivity index (χ0v) is 19.9. The summed E-state index contributed by atoms with van der Waals surface area (Å²) in [4.78, 5) is 0. The average molecular weight is 405 g/mol. The molecule has 4 fully saturated rings. The Kier molecular flexibility index (Phi) is 5.95. The molecule has 9 atom stereocenters. The molecule has 4 saturated carbocycles. The first kappa shape index (κ1) is 22.1. The molecule has 2 nitrogen and oxygen atoms in total. The first-order valence-corrected chi connectivity index (χ1v) is 13.0. The normalized spacial score (nSPS) is 50.7. The predicted molar refractivity (Wildman–Crippen MR) is 121 cm³/mol. The third-order valence-electron chi connectivity index (χ3n) is 11.0. The largest absolute Gasteiger partial charge is 0.393 e. The van der Waals surface area contributed by atoms with E-state index < -0.39 is 5.60 Å². The number of hydrogen-bond acceptors (Lipinski definition) is 2. The molecule has 0 aromatic rings. The van der Waals surface area contributed by atoms with Gasteiger partial charge < -0.3 is 10.2 Å². The standard InChI is InChI=1S/C27H48O2/c1-18(2)7-6-8-19(3)22-9-10-23-21-12-16-27(29)17-20(28)11-15-26(27,5)24(21)13-14-25(22,23)4/h18-24,28-29H,6-17H2,1-5H3/t19-,20+,21-,22+,23+,24-,25-,26-,27-/m1/s1. The van der Waals surface area contributed by atoms with Crippen LogP contribution < -0.4 is 0 Å². The number of rotatable bonds is 5. The molecule has 4 aliphatic carbocycles. The quantitative estimate of drug-likeness (QED) is 0.543. The lowest BCUT2D eigenvalue weighted by Gasteiger charge is -2.64. The van der Waals surface area contributed by atoms with Gasteiger partial charge in [-0.3, -0.25) is 0 Å². The Balaban J connectivity index is 1.49. The minimum atomic E-state index is -0.623. The molecule has 0 aliphatic heterocycles. The van der Waals surface area contributed by atoms with Crippen LogP contribution in [0, 0.1) is 46.3 Å². The SMILES string of the molecule is CC(C)CCC[C@@H](C)[C@@H]1CC[C@H]2[C@H]3CC[C@@]4(O)C[C@@H](O)CC[C@]4(C)[C@@H]3CC[C@@]21C. The van der Waals surface area contributed by atoms with Gasteiger partial charge in [0.05, 0.1) is 11.7 Å². The lowest BCUT2D eigenvalue weighted by atomic mass is 9.43. The molecule has 2 N–H and O–H groups in total. The van der Waals surface area contributed by atoms with Crippen molar-refractivity contribution in [2.24, 2.45) is 46.3 Å². The smallest absolute Gasteiger partial charge is 0.0728 e. The van der Waals surface area contributed by atoms with Crippen molar-refractivity contribution in [1.82, 2.24) is 0 Å². The molecule has 4 aliphatic rings. The molecular weight excluding hydrogens is 356 g/mol.